The van der Waals surface area contributed by atoms with E-state index in [1.807, 2.05) is 30.3 Å². The summed E-state index contributed by atoms with van der Waals surface area (Å²) >= 11 is 6.25. The number of nitrogens with one attached hydrogen (secondary N) is 1. The second-order valence-corrected chi connectivity index (χ2v) is 10.4. The van der Waals surface area contributed by atoms with Gasteiger partial charge in [-0.1, -0.05) is 41.9 Å². The van der Waals surface area contributed by atoms with Gasteiger partial charge in [0.2, 0.25) is 5.76 Å². The van der Waals surface area contributed by atoms with Gasteiger partial charge in [-0.25, -0.2) is 13.2 Å². The number of fused-ring (bicyclic) bond motifs is 1. The van der Waals surface area contributed by atoms with E-state index >= 15 is 0 Å². The van der Waals surface area contributed by atoms with Crippen molar-refractivity contribution in [2.75, 3.05) is 10.8 Å². The molecule has 0 spiro atoms. The molecule has 0 aliphatic carbocycles. The molecule has 2 N–H and O–H groups in total. The van der Waals surface area contributed by atoms with E-state index in [1.165, 1.54) is 22.5 Å². The van der Waals surface area contributed by atoms with E-state index in [4.69, 9.17) is 16.0 Å². The monoisotopic (exact) mass is 512 g/mol. The molecule has 0 radical (unpaired) electrons. The van der Waals surface area contributed by atoms with Crippen molar-refractivity contribution in [3.8, 4) is 0 Å². The Morgan fingerprint density at radius 3 is 2.49 bits per heavy atom. The predicted octanol–water partition coefficient (Wildman–Crippen LogP) is 5.60. The van der Waals surface area contributed by atoms with Crippen LogP contribution in [0.25, 0.3) is 11.0 Å². The highest BCUT2D eigenvalue weighted by Gasteiger charge is 2.27. The number of benzene rings is 3. The molecule has 35 heavy (non-hydrogen) atoms. The number of nitrogens with zero attached hydrogens (tertiary/aromatic N) is 1. The van der Waals surface area contributed by atoms with Gasteiger partial charge in [0, 0.05) is 35.6 Å². The van der Waals surface area contributed by atoms with Gasteiger partial charge >= 0.3 is 5.97 Å². The quantitative estimate of drug-likeness (QED) is 0.303. The smallest absolute Gasteiger partial charge is 0.372 e. The second kappa shape index (κ2) is 10.1. The average molecular weight is 513 g/mol. The number of aryl methyl sites for hydroxylation is 1. The van der Waals surface area contributed by atoms with Crippen LogP contribution in [0.15, 0.2) is 76.0 Å². The van der Waals surface area contributed by atoms with Gasteiger partial charge in [-0.3, -0.25) is 4.31 Å². The lowest BCUT2D eigenvalue weighted by Gasteiger charge is -2.26. The molecular formula is C26H25ClN2O5S. The molecule has 0 saturated carbocycles. The van der Waals surface area contributed by atoms with Gasteiger partial charge in [0.15, 0.2) is 0 Å². The number of rotatable bonds is 9. The summed E-state index contributed by atoms with van der Waals surface area (Å²) in [7, 11) is -3.96. The molecule has 0 aliphatic rings. The molecule has 0 saturated heterocycles. The van der Waals surface area contributed by atoms with Gasteiger partial charge in [-0.15, -0.1) is 0 Å². The summed E-state index contributed by atoms with van der Waals surface area (Å²) in [6, 6.07) is 19.4. The zero-order chi connectivity index (χ0) is 25.2. The molecule has 1 aromatic heterocycles. The Bertz CT molecular complexity index is 1480. The lowest BCUT2D eigenvalue weighted by Crippen LogP contribution is -2.32. The molecule has 4 rings (SSSR count). The summed E-state index contributed by atoms with van der Waals surface area (Å²) in [4.78, 5) is 11.5. The van der Waals surface area contributed by atoms with Crippen molar-refractivity contribution < 1.29 is 22.7 Å². The molecule has 4 aromatic rings. The molecule has 0 atom stereocenters. The summed E-state index contributed by atoms with van der Waals surface area (Å²) in [5.41, 5.74) is 3.07. The Labute approximate surface area is 209 Å². The normalized spacial score (nSPS) is 11.6. The number of furan rings is 1. The molecule has 0 bridgehead atoms. The van der Waals surface area contributed by atoms with Gasteiger partial charge in [-0.2, -0.15) is 0 Å². The number of carboxylic acids is 1. The summed E-state index contributed by atoms with van der Waals surface area (Å²) in [5, 5.41) is 13.6. The number of anilines is 1. The third-order valence-electron chi connectivity index (χ3n) is 5.77. The maximum atomic E-state index is 13.7. The molecule has 9 heteroatoms. The van der Waals surface area contributed by atoms with E-state index in [-0.39, 0.29) is 17.2 Å². The largest absolute Gasteiger partial charge is 0.475 e. The topological polar surface area (TPSA) is 99.9 Å². The number of halogens is 1. The van der Waals surface area contributed by atoms with Crippen LogP contribution in [0.2, 0.25) is 5.02 Å². The van der Waals surface area contributed by atoms with Gasteiger partial charge in [0.1, 0.15) is 5.58 Å². The highest BCUT2D eigenvalue weighted by molar-refractivity contribution is 7.92. The average Bonchev–Trinajstić information content (AvgIpc) is 3.17. The number of hydrogen-bond acceptors (Lipinski definition) is 5. The summed E-state index contributed by atoms with van der Waals surface area (Å²) in [6.07, 6.45) is 0. The number of carbonyl (C=O) groups is 1. The van der Waals surface area contributed by atoms with Gasteiger partial charge in [0.25, 0.3) is 10.0 Å². The SMILES string of the molecule is CCN(c1ccc(Cl)cc1CNCc1ccccc1)S(=O)(=O)c1ccc2oc(C(=O)O)c(C)c2c1. The molecule has 7 nitrogen and oxygen atoms in total. The maximum absolute atomic E-state index is 13.7. The molecule has 0 aliphatic heterocycles. The number of sulfonamides is 1. The first-order chi connectivity index (χ1) is 16.7. The first kappa shape index (κ1) is 24.8. The van der Waals surface area contributed by atoms with Crippen LogP contribution in [-0.2, 0) is 23.1 Å². The summed E-state index contributed by atoms with van der Waals surface area (Å²) < 4.78 is 34.1. The number of hydrogen-bond donors (Lipinski definition) is 2. The Kier molecular flexibility index (Phi) is 7.16. The van der Waals surface area contributed by atoms with Crippen LogP contribution in [0.3, 0.4) is 0 Å². The van der Waals surface area contributed by atoms with E-state index in [0.29, 0.717) is 40.3 Å². The van der Waals surface area contributed by atoms with Crippen molar-refractivity contribution in [2.45, 2.75) is 31.8 Å². The molecule has 182 valence electrons. The van der Waals surface area contributed by atoms with Crippen LogP contribution < -0.4 is 9.62 Å². The van der Waals surface area contributed by atoms with E-state index in [1.54, 1.807) is 32.0 Å². The molecular weight excluding hydrogens is 488 g/mol. The Morgan fingerprint density at radius 2 is 1.80 bits per heavy atom. The molecule has 3 aromatic carbocycles. The Hall–Kier alpha value is -3.33. The third-order valence-corrected chi connectivity index (χ3v) is 7.89. The highest BCUT2D eigenvalue weighted by Crippen LogP contribution is 2.32. The van der Waals surface area contributed by atoms with Gasteiger partial charge in [0.05, 0.1) is 10.6 Å². The van der Waals surface area contributed by atoms with Crippen LogP contribution in [0.1, 0.15) is 34.2 Å². The molecule has 0 amide bonds. The highest BCUT2D eigenvalue weighted by atomic mass is 35.5. The summed E-state index contributed by atoms with van der Waals surface area (Å²) in [6.45, 7) is 4.58. The fourth-order valence-corrected chi connectivity index (χ4v) is 5.77. The van der Waals surface area contributed by atoms with E-state index in [9.17, 15) is 18.3 Å². The van der Waals surface area contributed by atoms with E-state index in [2.05, 4.69) is 5.32 Å². The minimum absolute atomic E-state index is 0.0471. The lowest BCUT2D eigenvalue weighted by molar-refractivity contribution is 0.0664. The maximum Gasteiger partial charge on any atom is 0.372 e. The molecule has 1 heterocycles. The fraction of sp³-hybridized carbons (Fsp3) is 0.192. The summed E-state index contributed by atoms with van der Waals surface area (Å²) in [5.74, 6) is -1.40. The minimum atomic E-state index is -3.96. The number of carboxylic acid groups (broad SMARTS) is 1. The van der Waals surface area contributed by atoms with E-state index < -0.39 is 16.0 Å². The van der Waals surface area contributed by atoms with Crippen molar-refractivity contribution in [1.82, 2.24) is 5.32 Å². The van der Waals surface area contributed by atoms with Crippen molar-refractivity contribution in [2.24, 2.45) is 0 Å². The molecule has 0 fully saturated rings. The zero-order valence-corrected chi connectivity index (χ0v) is 20.9. The van der Waals surface area contributed by atoms with Crippen molar-refractivity contribution in [3.05, 3.63) is 94.2 Å². The Morgan fingerprint density at radius 1 is 1.06 bits per heavy atom. The zero-order valence-electron chi connectivity index (χ0n) is 19.3. The van der Waals surface area contributed by atoms with Crippen molar-refractivity contribution in [3.63, 3.8) is 0 Å². The van der Waals surface area contributed by atoms with Gasteiger partial charge in [-0.05, 0) is 61.4 Å². The predicted molar refractivity (Wildman–Crippen MR) is 137 cm³/mol. The standard InChI is InChI=1S/C26H25ClN2O5S/c1-3-29(23-11-9-20(27)13-19(23)16-28-15-18-7-5-4-6-8-18)35(32,33)21-10-12-24-22(14-21)17(2)25(34-24)26(30)31/h4-14,28H,3,15-16H2,1-2H3,(H,30,31). The van der Waals surface area contributed by atoms with Crippen LogP contribution in [-0.4, -0.2) is 26.0 Å². The lowest BCUT2D eigenvalue weighted by atomic mass is 10.1. The minimum Gasteiger partial charge on any atom is -0.475 e. The van der Waals surface area contributed by atoms with Crippen molar-refractivity contribution >= 4 is 44.3 Å². The van der Waals surface area contributed by atoms with Crippen LogP contribution >= 0.6 is 11.6 Å². The van der Waals surface area contributed by atoms with Gasteiger partial charge < -0.3 is 14.8 Å². The van der Waals surface area contributed by atoms with Crippen LogP contribution in [0, 0.1) is 6.92 Å². The second-order valence-electron chi connectivity index (χ2n) is 8.05. The Balaban J connectivity index is 1.68. The fourth-order valence-electron chi connectivity index (χ4n) is 4.04. The first-order valence-electron chi connectivity index (χ1n) is 11.0. The van der Waals surface area contributed by atoms with Crippen molar-refractivity contribution in [1.29, 1.82) is 0 Å². The molecule has 0 unspecified atom stereocenters. The first-order valence-corrected chi connectivity index (χ1v) is 12.9. The number of aromatic carboxylic acids is 1. The van der Waals surface area contributed by atoms with E-state index in [0.717, 1.165) is 11.1 Å². The van der Waals surface area contributed by atoms with Crippen LogP contribution in [0.5, 0.6) is 0 Å². The van der Waals surface area contributed by atoms with Crippen LogP contribution in [0.4, 0.5) is 5.69 Å². The third kappa shape index (κ3) is 5.05.